The fraction of sp³-hybridized carbons (Fsp3) is 0.111. The number of nitrogens with zero attached hydrogens (tertiary/aromatic N) is 2. The van der Waals surface area contributed by atoms with Crippen molar-refractivity contribution in [3.8, 4) is 17.6 Å². The molecule has 0 spiro atoms. The average Bonchev–Trinajstić information content (AvgIpc) is 2.66. The Morgan fingerprint density at radius 3 is 2.19 bits per heavy atom. The second-order valence-corrected chi connectivity index (χ2v) is 4.95. The van der Waals surface area contributed by atoms with E-state index in [1.165, 1.54) is 6.21 Å². The van der Waals surface area contributed by atoms with Crippen molar-refractivity contribution < 1.29 is 24.2 Å². The van der Waals surface area contributed by atoms with Crippen LogP contribution in [0, 0.1) is 11.3 Å². The summed E-state index contributed by atoms with van der Waals surface area (Å²) in [6.07, 6.45) is 1.42. The maximum atomic E-state index is 11.6. The molecule has 0 bridgehead atoms. The summed E-state index contributed by atoms with van der Waals surface area (Å²) in [7, 11) is 0. The summed E-state index contributed by atoms with van der Waals surface area (Å²) in [4.78, 5) is 21.9. The lowest BCUT2D eigenvalue weighted by molar-refractivity contribution is -0.307. The number of benzene rings is 2. The number of hydrogen-bond donors (Lipinski definition) is 1. The second kappa shape index (κ2) is 9.44. The van der Waals surface area contributed by atoms with Crippen LogP contribution in [0.25, 0.3) is 0 Å². The SMILES string of the molecule is N#Cc1ccc(OCC(=O)N/N=C\c2ccc(OCC(=O)[O-])cc2)cc1. The Morgan fingerprint density at radius 2 is 1.62 bits per heavy atom. The molecule has 0 unspecified atom stereocenters. The molecule has 2 rings (SSSR count). The molecular formula is C18H14N3O5-. The van der Waals surface area contributed by atoms with Crippen molar-refractivity contribution in [2.24, 2.45) is 5.10 Å². The molecule has 0 atom stereocenters. The Morgan fingerprint density at radius 1 is 1.04 bits per heavy atom. The van der Waals surface area contributed by atoms with Crippen molar-refractivity contribution in [3.63, 3.8) is 0 Å². The third-order valence-electron chi connectivity index (χ3n) is 2.99. The average molecular weight is 352 g/mol. The van der Waals surface area contributed by atoms with Gasteiger partial charge in [-0.2, -0.15) is 10.4 Å². The van der Waals surface area contributed by atoms with E-state index in [0.29, 0.717) is 22.6 Å². The van der Waals surface area contributed by atoms with E-state index in [-0.39, 0.29) is 6.61 Å². The number of amides is 1. The summed E-state index contributed by atoms with van der Waals surface area (Å²) >= 11 is 0. The van der Waals surface area contributed by atoms with Gasteiger partial charge in [0.1, 0.15) is 18.1 Å². The Bertz CT molecular complexity index is 823. The number of aliphatic carboxylic acids is 1. The lowest BCUT2D eigenvalue weighted by Crippen LogP contribution is -2.28. The first-order chi connectivity index (χ1) is 12.6. The molecule has 0 radical (unpaired) electrons. The number of hydrazone groups is 1. The number of hydrogen-bond acceptors (Lipinski definition) is 7. The molecule has 26 heavy (non-hydrogen) atoms. The van der Waals surface area contributed by atoms with E-state index < -0.39 is 18.5 Å². The van der Waals surface area contributed by atoms with Crippen molar-refractivity contribution in [2.45, 2.75) is 0 Å². The fourth-order valence-electron chi connectivity index (χ4n) is 1.78. The summed E-state index contributed by atoms with van der Waals surface area (Å²) in [5.41, 5.74) is 3.50. The summed E-state index contributed by atoms with van der Waals surface area (Å²) in [6.45, 7) is -0.748. The highest BCUT2D eigenvalue weighted by Crippen LogP contribution is 2.11. The second-order valence-electron chi connectivity index (χ2n) is 4.95. The van der Waals surface area contributed by atoms with Gasteiger partial charge < -0.3 is 19.4 Å². The summed E-state index contributed by atoms with van der Waals surface area (Å²) in [5.74, 6) is -0.900. The summed E-state index contributed by atoms with van der Waals surface area (Å²) in [5, 5.41) is 22.8. The Balaban J connectivity index is 1.75. The van der Waals surface area contributed by atoms with Crippen molar-refractivity contribution in [2.75, 3.05) is 13.2 Å². The van der Waals surface area contributed by atoms with E-state index in [2.05, 4.69) is 10.5 Å². The van der Waals surface area contributed by atoms with Gasteiger partial charge in [-0.15, -0.1) is 0 Å². The highest BCUT2D eigenvalue weighted by Gasteiger charge is 2.01. The predicted molar refractivity (Wildman–Crippen MR) is 89.3 cm³/mol. The molecule has 0 aromatic heterocycles. The van der Waals surface area contributed by atoms with E-state index in [4.69, 9.17) is 14.7 Å². The zero-order valence-electron chi connectivity index (χ0n) is 13.5. The Hall–Kier alpha value is -3.86. The van der Waals surface area contributed by atoms with Crippen molar-refractivity contribution in [1.29, 1.82) is 5.26 Å². The van der Waals surface area contributed by atoms with Gasteiger partial charge >= 0.3 is 0 Å². The predicted octanol–water partition coefficient (Wildman–Crippen LogP) is 0.216. The zero-order valence-corrected chi connectivity index (χ0v) is 13.5. The molecule has 8 heteroatoms. The van der Waals surface area contributed by atoms with Gasteiger partial charge in [-0.1, -0.05) is 0 Å². The van der Waals surface area contributed by atoms with E-state index in [9.17, 15) is 14.7 Å². The third kappa shape index (κ3) is 6.33. The molecule has 2 aromatic carbocycles. The van der Waals surface area contributed by atoms with E-state index >= 15 is 0 Å². The quantitative estimate of drug-likeness (QED) is 0.535. The molecule has 1 N–H and O–H groups in total. The molecule has 0 saturated heterocycles. The van der Waals surface area contributed by atoms with E-state index in [0.717, 1.165) is 0 Å². The number of carbonyl (C=O) groups excluding carboxylic acids is 2. The largest absolute Gasteiger partial charge is 0.546 e. The number of carboxylic acid groups (broad SMARTS) is 1. The molecule has 132 valence electrons. The van der Waals surface area contributed by atoms with Crippen LogP contribution in [0.5, 0.6) is 11.5 Å². The normalized spacial score (nSPS) is 10.1. The molecule has 0 heterocycles. The number of carbonyl (C=O) groups is 2. The lowest BCUT2D eigenvalue weighted by atomic mass is 10.2. The number of nitrogens with one attached hydrogen (secondary N) is 1. The first kappa shape index (κ1) is 18.5. The molecule has 0 aliphatic heterocycles. The number of carboxylic acids is 1. The maximum Gasteiger partial charge on any atom is 0.277 e. The van der Waals surface area contributed by atoms with Crippen LogP contribution >= 0.6 is 0 Å². The van der Waals surface area contributed by atoms with Gasteiger partial charge in [-0.05, 0) is 54.1 Å². The molecule has 1 amide bonds. The third-order valence-corrected chi connectivity index (χ3v) is 2.99. The van der Waals surface area contributed by atoms with Crippen LogP contribution < -0.4 is 20.0 Å². The summed E-state index contributed by atoms with van der Waals surface area (Å²) < 4.78 is 10.2. The highest BCUT2D eigenvalue weighted by atomic mass is 16.5. The van der Waals surface area contributed by atoms with Crippen molar-refractivity contribution in [3.05, 3.63) is 59.7 Å². The van der Waals surface area contributed by atoms with Crippen LogP contribution in [0.4, 0.5) is 0 Å². The topological polar surface area (TPSA) is 124 Å². The molecule has 0 saturated carbocycles. The lowest BCUT2D eigenvalue weighted by Gasteiger charge is -2.06. The minimum atomic E-state index is -1.30. The molecule has 0 aliphatic carbocycles. The minimum absolute atomic E-state index is 0.223. The maximum absolute atomic E-state index is 11.6. The summed E-state index contributed by atoms with van der Waals surface area (Å²) in [6, 6.07) is 14.8. The van der Waals surface area contributed by atoms with Gasteiger partial charge in [0.05, 0.1) is 23.8 Å². The van der Waals surface area contributed by atoms with Gasteiger partial charge in [-0.25, -0.2) is 5.43 Å². The van der Waals surface area contributed by atoms with Gasteiger partial charge in [0.2, 0.25) is 0 Å². The molecule has 0 fully saturated rings. The number of ether oxygens (including phenoxy) is 2. The number of rotatable bonds is 8. The van der Waals surface area contributed by atoms with Crippen molar-refractivity contribution >= 4 is 18.1 Å². The fourth-order valence-corrected chi connectivity index (χ4v) is 1.78. The van der Waals surface area contributed by atoms with Crippen LogP contribution in [-0.2, 0) is 9.59 Å². The van der Waals surface area contributed by atoms with Crippen LogP contribution in [0.3, 0.4) is 0 Å². The monoisotopic (exact) mass is 352 g/mol. The van der Waals surface area contributed by atoms with Gasteiger partial charge in [-0.3, -0.25) is 4.79 Å². The van der Waals surface area contributed by atoms with Gasteiger partial charge in [0.15, 0.2) is 6.61 Å². The van der Waals surface area contributed by atoms with E-state index in [1.54, 1.807) is 48.5 Å². The molecule has 8 nitrogen and oxygen atoms in total. The number of nitriles is 1. The molecule has 2 aromatic rings. The van der Waals surface area contributed by atoms with Crippen molar-refractivity contribution in [1.82, 2.24) is 5.43 Å². The Labute approximate surface area is 149 Å². The highest BCUT2D eigenvalue weighted by molar-refractivity contribution is 5.83. The van der Waals surface area contributed by atoms with Gasteiger partial charge in [0, 0.05) is 0 Å². The van der Waals surface area contributed by atoms with Crippen LogP contribution in [0.1, 0.15) is 11.1 Å². The molecule has 0 aliphatic rings. The smallest absolute Gasteiger partial charge is 0.277 e. The first-order valence-electron chi connectivity index (χ1n) is 7.44. The zero-order chi connectivity index (χ0) is 18.8. The van der Waals surface area contributed by atoms with E-state index in [1.807, 2.05) is 6.07 Å². The standard InChI is InChI=1S/C18H15N3O5/c19-9-13-1-5-15(6-2-13)25-11-17(22)21-20-10-14-3-7-16(8-4-14)26-12-18(23)24/h1-8,10H,11-12H2,(H,21,22)(H,23,24)/p-1/b20-10-. The van der Waals surface area contributed by atoms with Crippen LogP contribution in [0.15, 0.2) is 53.6 Å². The molecular weight excluding hydrogens is 338 g/mol. The van der Waals surface area contributed by atoms with Crippen LogP contribution in [0.2, 0.25) is 0 Å². The first-order valence-corrected chi connectivity index (χ1v) is 7.44. The van der Waals surface area contributed by atoms with Gasteiger partial charge in [0.25, 0.3) is 5.91 Å². The van der Waals surface area contributed by atoms with Crippen LogP contribution in [-0.4, -0.2) is 31.3 Å². The Kier molecular flexibility index (Phi) is 6.71. The minimum Gasteiger partial charge on any atom is -0.546 e.